The van der Waals surface area contributed by atoms with Gasteiger partial charge in [0.05, 0.1) is 26.1 Å². The van der Waals surface area contributed by atoms with Gasteiger partial charge in [-0.3, -0.25) is 4.79 Å². The van der Waals surface area contributed by atoms with Crippen LogP contribution in [0.3, 0.4) is 0 Å². The number of hydrogen-bond acceptors (Lipinski definition) is 7. The first-order valence-corrected chi connectivity index (χ1v) is 12.0. The van der Waals surface area contributed by atoms with Crippen LogP contribution in [-0.4, -0.2) is 43.4 Å². The molecule has 1 aliphatic rings. The molecule has 0 atom stereocenters. The minimum atomic E-state index is -1.30. The van der Waals surface area contributed by atoms with Crippen LogP contribution in [-0.2, 0) is 4.79 Å². The predicted octanol–water partition coefficient (Wildman–Crippen LogP) is 5.59. The van der Waals surface area contributed by atoms with E-state index in [0.29, 0.717) is 10.7 Å². The maximum absolute atomic E-state index is 12.8. The minimum absolute atomic E-state index is 0.0626. The number of thiocarbonyl (C=S) groups is 1. The second-order valence-electron chi connectivity index (χ2n) is 7.32. The SMILES string of the molecule is O=C(Nc1ccc(Cl)c(Cl)c1)NN1C(=O)/C(=C\c2ccc(-c3cc(C(=O)O)cc(C(=O)O)c3)o2)SC1=S. The first kappa shape index (κ1) is 26.2. The van der Waals surface area contributed by atoms with Crippen molar-refractivity contribution in [3.63, 3.8) is 0 Å². The topological polar surface area (TPSA) is 149 Å². The van der Waals surface area contributed by atoms with Gasteiger partial charge < -0.3 is 19.9 Å². The lowest BCUT2D eigenvalue weighted by atomic mass is 10.0. The fraction of sp³-hybridized carbons (Fsp3) is 0. The van der Waals surface area contributed by atoms with Crippen LogP contribution in [0.15, 0.2) is 57.9 Å². The van der Waals surface area contributed by atoms with Crippen molar-refractivity contribution < 1.29 is 33.8 Å². The molecule has 188 valence electrons. The number of carboxylic acids is 2. The van der Waals surface area contributed by atoms with Gasteiger partial charge in [-0.1, -0.05) is 35.0 Å². The number of halogens is 2. The monoisotopic (exact) mass is 577 g/mol. The molecule has 1 saturated heterocycles. The highest BCUT2D eigenvalue weighted by Gasteiger charge is 2.34. The van der Waals surface area contributed by atoms with Gasteiger partial charge in [0, 0.05) is 17.3 Å². The zero-order valence-corrected chi connectivity index (χ0v) is 21.3. The summed E-state index contributed by atoms with van der Waals surface area (Å²) in [6.45, 7) is 0. The van der Waals surface area contributed by atoms with E-state index in [1.165, 1.54) is 48.5 Å². The van der Waals surface area contributed by atoms with Crippen LogP contribution in [0.4, 0.5) is 10.5 Å². The number of carbonyl (C=O) groups is 4. The van der Waals surface area contributed by atoms with E-state index in [9.17, 15) is 29.4 Å². The van der Waals surface area contributed by atoms with Gasteiger partial charge in [-0.05, 0) is 60.7 Å². The Balaban J connectivity index is 1.50. The van der Waals surface area contributed by atoms with Crippen molar-refractivity contribution in [3.05, 3.63) is 80.4 Å². The smallest absolute Gasteiger partial charge is 0.338 e. The molecule has 4 N–H and O–H groups in total. The molecule has 0 radical (unpaired) electrons. The zero-order chi connectivity index (χ0) is 26.9. The highest BCUT2D eigenvalue weighted by molar-refractivity contribution is 8.26. The van der Waals surface area contributed by atoms with Gasteiger partial charge in [0.25, 0.3) is 5.91 Å². The van der Waals surface area contributed by atoms with E-state index < -0.39 is 23.9 Å². The highest BCUT2D eigenvalue weighted by Crippen LogP contribution is 2.33. The molecule has 0 saturated carbocycles. The Labute approximate surface area is 227 Å². The van der Waals surface area contributed by atoms with E-state index in [0.717, 1.165) is 22.8 Å². The van der Waals surface area contributed by atoms with Crippen molar-refractivity contribution in [3.8, 4) is 11.3 Å². The Bertz CT molecular complexity index is 1490. The van der Waals surface area contributed by atoms with E-state index in [1.54, 1.807) is 0 Å². The molecule has 1 aromatic heterocycles. The number of carboxylic acid groups (broad SMARTS) is 2. The Morgan fingerprint density at radius 3 is 2.27 bits per heavy atom. The summed E-state index contributed by atoms with van der Waals surface area (Å²) in [5, 5.41) is 22.5. The van der Waals surface area contributed by atoms with Gasteiger partial charge >= 0.3 is 18.0 Å². The summed E-state index contributed by atoms with van der Waals surface area (Å²) in [5.74, 6) is -2.80. The number of nitrogens with zero attached hydrogens (tertiary/aromatic N) is 1. The molecule has 0 unspecified atom stereocenters. The summed E-state index contributed by atoms with van der Waals surface area (Å²) >= 11 is 17.9. The second-order valence-corrected chi connectivity index (χ2v) is 9.81. The van der Waals surface area contributed by atoms with Gasteiger partial charge in [-0.25, -0.2) is 19.8 Å². The first-order chi connectivity index (χ1) is 17.5. The summed E-state index contributed by atoms with van der Waals surface area (Å²) in [6.07, 6.45) is 1.39. The minimum Gasteiger partial charge on any atom is -0.478 e. The molecule has 1 aliphatic heterocycles. The number of nitrogens with one attached hydrogen (secondary N) is 2. The lowest BCUT2D eigenvalue weighted by Crippen LogP contribution is -2.46. The van der Waals surface area contributed by atoms with Crippen LogP contribution in [0.25, 0.3) is 17.4 Å². The second kappa shape index (κ2) is 10.6. The molecular formula is C23H13Cl2N3O7S2. The maximum atomic E-state index is 12.8. The Hall–Kier alpha value is -3.84. The summed E-state index contributed by atoms with van der Waals surface area (Å²) in [7, 11) is 0. The Morgan fingerprint density at radius 1 is 0.973 bits per heavy atom. The van der Waals surface area contributed by atoms with E-state index in [2.05, 4.69) is 10.7 Å². The summed E-state index contributed by atoms with van der Waals surface area (Å²) < 4.78 is 5.75. The van der Waals surface area contributed by atoms with Crippen molar-refractivity contribution >= 4 is 87.1 Å². The third kappa shape index (κ3) is 5.94. The standard InChI is InChI=1S/C23H13Cl2N3O7S2/c24-15-3-1-13(8-16(15)25)26-22(34)27-28-19(29)18(37-23(28)36)9-14-2-4-17(35-14)10-5-11(20(30)31)7-12(6-10)21(32)33/h1-9H,(H,30,31)(H,32,33)(H2,26,27,34)/b18-9+. The van der Waals surface area contributed by atoms with Crippen LogP contribution in [0, 0.1) is 0 Å². The molecule has 2 aromatic carbocycles. The van der Waals surface area contributed by atoms with Gasteiger partial charge in [0.15, 0.2) is 4.32 Å². The molecule has 14 heteroatoms. The van der Waals surface area contributed by atoms with Gasteiger partial charge in [0.2, 0.25) is 0 Å². The normalized spacial score (nSPS) is 14.2. The van der Waals surface area contributed by atoms with E-state index in [-0.39, 0.29) is 42.5 Å². The highest BCUT2D eigenvalue weighted by atomic mass is 35.5. The number of urea groups is 1. The molecule has 0 bridgehead atoms. The third-order valence-electron chi connectivity index (χ3n) is 4.80. The van der Waals surface area contributed by atoms with Crippen molar-refractivity contribution in [1.29, 1.82) is 0 Å². The molecule has 3 amide bonds. The number of amides is 3. The number of carbonyl (C=O) groups excluding carboxylic acids is 2. The third-order valence-corrected chi connectivity index (χ3v) is 6.84. The Morgan fingerprint density at radius 2 is 1.65 bits per heavy atom. The van der Waals surface area contributed by atoms with Crippen LogP contribution in [0.2, 0.25) is 10.0 Å². The van der Waals surface area contributed by atoms with Gasteiger partial charge in [0.1, 0.15) is 11.5 Å². The Kier molecular flexibility index (Phi) is 7.55. The number of hydrogen-bond donors (Lipinski definition) is 4. The van der Waals surface area contributed by atoms with Gasteiger partial charge in [-0.2, -0.15) is 5.01 Å². The fourth-order valence-electron chi connectivity index (χ4n) is 3.13. The van der Waals surface area contributed by atoms with Crippen LogP contribution in [0.5, 0.6) is 0 Å². The number of furan rings is 1. The maximum Gasteiger partial charge on any atom is 0.338 e. The number of anilines is 1. The van der Waals surface area contributed by atoms with Crippen molar-refractivity contribution in [2.75, 3.05) is 5.32 Å². The molecule has 0 spiro atoms. The molecule has 0 aliphatic carbocycles. The summed E-state index contributed by atoms with van der Waals surface area (Å²) in [4.78, 5) is 48.0. The van der Waals surface area contributed by atoms with Crippen LogP contribution >= 0.6 is 47.2 Å². The summed E-state index contributed by atoms with van der Waals surface area (Å²) in [5.41, 5.74) is 2.48. The van der Waals surface area contributed by atoms with E-state index in [1.807, 2.05) is 0 Å². The van der Waals surface area contributed by atoms with E-state index in [4.69, 9.17) is 39.8 Å². The van der Waals surface area contributed by atoms with Crippen molar-refractivity contribution in [1.82, 2.24) is 10.4 Å². The van der Waals surface area contributed by atoms with Gasteiger partial charge in [-0.15, -0.1) is 0 Å². The molecule has 2 heterocycles. The predicted molar refractivity (Wildman–Crippen MR) is 142 cm³/mol. The number of thioether (sulfide) groups is 1. The molecular weight excluding hydrogens is 565 g/mol. The number of aromatic carboxylic acids is 2. The van der Waals surface area contributed by atoms with Crippen molar-refractivity contribution in [2.24, 2.45) is 0 Å². The largest absolute Gasteiger partial charge is 0.478 e. The zero-order valence-electron chi connectivity index (χ0n) is 18.2. The molecule has 37 heavy (non-hydrogen) atoms. The fourth-order valence-corrected chi connectivity index (χ4v) is 4.59. The van der Waals surface area contributed by atoms with Crippen LogP contribution in [0.1, 0.15) is 26.5 Å². The number of hydrazine groups is 1. The average molecular weight is 578 g/mol. The quantitative estimate of drug-likeness (QED) is 0.217. The lowest BCUT2D eigenvalue weighted by molar-refractivity contribution is -0.123. The number of benzene rings is 2. The van der Waals surface area contributed by atoms with Crippen molar-refractivity contribution in [2.45, 2.75) is 0 Å². The first-order valence-electron chi connectivity index (χ1n) is 10.0. The number of rotatable bonds is 6. The molecule has 4 rings (SSSR count). The average Bonchev–Trinajstić information content (AvgIpc) is 3.41. The lowest BCUT2D eigenvalue weighted by Gasteiger charge is -2.16. The van der Waals surface area contributed by atoms with E-state index >= 15 is 0 Å². The molecule has 10 nitrogen and oxygen atoms in total. The molecule has 3 aromatic rings. The molecule has 1 fully saturated rings. The van der Waals surface area contributed by atoms with Crippen LogP contribution < -0.4 is 10.7 Å². The summed E-state index contributed by atoms with van der Waals surface area (Å²) in [6, 6.07) is 10.3.